The molecule has 2 aromatic rings. The van der Waals surface area contributed by atoms with Gasteiger partial charge in [0.05, 0.1) is 0 Å². The fourth-order valence-corrected chi connectivity index (χ4v) is 2.88. The normalized spacial score (nSPS) is 14.4. The molecular formula is C20H25N. The quantitative estimate of drug-likeness (QED) is 0.806. The lowest BCUT2D eigenvalue weighted by Crippen LogP contribution is -2.15. The molecule has 0 heterocycles. The highest BCUT2D eigenvalue weighted by molar-refractivity contribution is 5.71. The van der Waals surface area contributed by atoms with E-state index in [-0.39, 0.29) is 0 Å². The number of benzene rings is 2. The lowest BCUT2D eigenvalue weighted by molar-refractivity contribution is 0.688. The maximum atomic E-state index is 3.65. The molecule has 0 unspecified atom stereocenters. The topological polar surface area (TPSA) is 12.0 Å². The Labute approximate surface area is 128 Å². The standard InChI is InChI=1S/C20H25N/c1-3-15-9-10-16(4-2)20(13-15)19-8-6-5-7-17(19)14-21-18-11-12-18/h5-10,13,18,21H,3-4,11-12,14H2,1-2H3. The molecule has 110 valence electrons. The Morgan fingerprint density at radius 3 is 2.43 bits per heavy atom. The largest absolute Gasteiger partial charge is 0.310 e. The van der Waals surface area contributed by atoms with Gasteiger partial charge in [0.25, 0.3) is 0 Å². The van der Waals surface area contributed by atoms with Gasteiger partial charge >= 0.3 is 0 Å². The Hall–Kier alpha value is -1.60. The summed E-state index contributed by atoms with van der Waals surface area (Å²) in [4.78, 5) is 0. The van der Waals surface area contributed by atoms with Crippen LogP contribution in [0.3, 0.4) is 0 Å². The highest BCUT2D eigenvalue weighted by Gasteiger charge is 2.20. The van der Waals surface area contributed by atoms with Crippen molar-refractivity contribution < 1.29 is 0 Å². The molecule has 2 aromatic carbocycles. The molecule has 0 saturated heterocycles. The first-order valence-electron chi connectivity index (χ1n) is 8.25. The molecule has 0 aliphatic heterocycles. The second kappa shape index (κ2) is 6.44. The Kier molecular flexibility index (Phi) is 4.40. The van der Waals surface area contributed by atoms with Crippen LogP contribution in [0, 0.1) is 0 Å². The van der Waals surface area contributed by atoms with Crippen molar-refractivity contribution in [2.45, 2.75) is 52.1 Å². The van der Waals surface area contributed by atoms with Crippen molar-refractivity contribution >= 4 is 0 Å². The fraction of sp³-hybridized carbons (Fsp3) is 0.400. The first-order chi connectivity index (χ1) is 10.3. The molecule has 1 aliphatic carbocycles. The molecule has 0 atom stereocenters. The highest BCUT2D eigenvalue weighted by atomic mass is 14.9. The van der Waals surface area contributed by atoms with Crippen LogP contribution in [-0.2, 0) is 19.4 Å². The summed E-state index contributed by atoms with van der Waals surface area (Å²) in [6.07, 6.45) is 4.87. The van der Waals surface area contributed by atoms with Crippen LogP contribution in [0.1, 0.15) is 43.4 Å². The summed E-state index contributed by atoms with van der Waals surface area (Å²) < 4.78 is 0. The molecule has 0 bridgehead atoms. The predicted molar refractivity (Wildman–Crippen MR) is 90.5 cm³/mol. The predicted octanol–water partition coefficient (Wildman–Crippen LogP) is 4.73. The summed E-state index contributed by atoms with van der Waals surface area (Å²) in [5, 5.41) is 3.65. The Balaban J connectivity index is 1.98. The number of hydrogen-bond donors (Lipinski definition) is 1. The molecule has 0 spiro atoms. The van der Waals surface area contributed by atoms with Crippen LogP contribution >= 0.6 is 0 Å². The van der Waals surface area contributed by atoms with E-state index in [0.717, 1.165) is 25.4 Å². The van der Waals surface area contributed by atoms with E-state index in [9.17, 15) is 0 Å². The van der Waals surface area contributed by atoms with Crippen LogP contribution in [0.2, 0.25) is 0 Å². The van der Waals surface area contributed by atoms with Gasteiger partial charge in [-0.2, -0.15) is 0 Å². The summed E-state index contributed by atoms with van der Waals surface area (Å²) in [6.45, 7) is 5.46. The Morgan fingerprint density at radius 1 is 0.905 bits per heavy atom. The average Bonchev–Trinajstić information content (AvgIpc) is 3.37. The van der Waals surface area contributed by atoms with Crippen LogP contribution in [0.25, 0.3) is 11.1 Å². The third-order valence-corrected chi connectivity index (χ3v) is 4.43. The smallest absolute Gasteiger partial charge is 0.0214 e. The molecule has 1 N–H and O–H groups in total. The third-order valence-electron chi connectivity index (χ3n) is 4.43. The molecule has 1 saturated carbocycles. The van der Waals surface area contributed by atoms with Crippen molar-refractivity contribution in [3.05, 3.63) is 59.2 Å². The van der Waals surface area contributed by atoms with Gasteiger partial charge in [-0.1, -0.05) is 56.3 Å². The number of hydrogen-bond acceptors (Lipinski definition) is 1. The second-order valence-corrected chi connectivity index (χ2v) is 6.01. The molecule has 3 rings (SSSR count). The molecule has 1 fully saturated rings. The fourth-order valence-electron chi connectivity index (χ4n) is 2.88. The van der Waals surface area contributed by atoms with E-state index in [1.54, 1.807) is 0 Å². The van der Waals surface area contributed by atoms with Gasteiger partial charge in [0.1, 0.15) is 0 Å². The van der Waals surface area contributed by atoms with Crippen LogP contribution in [0.5, 0.6) is 0 Å². The van der Waals surface area contributed by atoms with Gasteiger partial charge in [0.2, 0.25) is 0 Å². The van der Waals surface area contributed by atoms with Gasteiger partial charge in [-0.15, -0.1) is 0 Å². The lowest BCUT2D eigenvalue weighted by atomic mass is 9.92. The van der Waals surface area contributed by atoms with Crippen molar-refractivity contribution in [3.8, 4) is 11.1 Å². The zero-order valence-electron chi connectivity index (χ0n) is 13.2. The average molecular weight is 279 g/mol. The Morgan fingerprint density at radius 2 is 1.71 bits per heavy atom. The van der Waals surface area contributed by atoms with E-state index < -0.39 is 0 Å². The van der Waals surface area contributed by atoms with Crippen LogP contribution < -0.4 is 5.32 Å². The zero-order valence-corrected chi connectivity index (χ0v) is 13.2. The molecule has 0 aromatic heterocycles. The first-order valence-corrected chi connectivity index (χ1v) is 8.25. The van der Waals surface area contributed by atoms with Crippen molar-refractivity contribution in [3.63, 3.8) is 0 Å². The van der Waals surface area contributed by atoms with Gasteiger partial charge in [0, 0.05) is 12.6 Å². The second-order valence-electron chi connectivity index (χ2n) is 6.01. The maximum absolute atomic E-state index is 3.65. The van der Waals surface area contributed by atoms with Gasteiger partial charge in [-0.25, -0.2) is 0 Å². The van der Waals surface area contributed by atoms with Gasteiger partial charge in [-0.3, -0.25) is 0 Å². The third kappa shape index (κ3) is 3.36. The van der Waals surface area contributed by atoms with Crippen LogP contribution in [0.15, 0.2) is 42.5 Å². The summed E-state index contributed by atoms with van der Waals surface area (Å²) in [5.74, 6) is 0. The van der Waals surface area contributed by atoms with Gasteiger partial charge < -0.3 is 5.32 Å². The van der Waals surface area contributed by atoms with E-state index in [2.05, 4.69) is 61.6 Å². The SMILES string of the molecule is CCc1ccc(CC)c(-c2ccccc2CNC2CC2)c1. The van der Waals surface area contributed by atoms with E-state index in [4.69, 9.17) is 0 Å². The van der Waals surface area contributed by atoms with Crippen molar-refractivity contribution in [1.29, 1.82) is 0 Å². The van der Waals surface area contributed by atoms with Crippen LogP contribution in [0.4, 0.5) is 0 Å². The number of rotatable bonds is 6. The highest BCUT2D eigenvalue weighted by Crippen LogP contribution is 2.30. The number of aryl methyl sites for hydroxylation is 2. The summed E-state index contributed by atoms with van der Waals surface area (Å²) in [5.41, 5.74) is 7.12. The van der Waals surface area contributed by atoms with E-state index in [0.29, 0.717) is 0 Å². The van der Waals surface area contributed by atoms with E-state index >= 15 is 0 Å². The summed E-state index contributed by atoms with van der Waals surface area (Å²) >= 11 is 0. The van der Waals surface area contributed by atoms with Crippen molar-refractivity contribution in [2.24, 2.45) is 0 Å². The molecule has 0 amide bonds. The molecule has 0 radical (unpaired) electrons. The van der Waals surface area contributed by atoms with Gasteiger partial charge in [0.15, 0.2) is 0 Å². The zero-order chi connectivity index (χ0) is 14.7. The van der Waals surface area contributed by atoms with Crippen molar-refractivity contribution in [2.75, 3.05) is 0 Å². The number of nitrogens with one attached hydrogen (secondary N) is 1. The van der Waals surface area contributed by atoms with Crippen LogP contribution in [-0.4, -0.2) is 6.04 Å². The molecule has 1 nitrogen and oxygen atoms in total. The maximum Gasteiger partial charge on any atom is 0.0214 e. The van der Waals surface area contributed by atoms with Gasteiger partial charge in [-0.05, 0) is 53.5 Å². The first kappa shape index (κ1) is 14.3. The van der Waals surface area contributed by atoms with Crippen molar-refractivity contribution in [1.82, 2.24) is 5.32 Å². The van der Waals surface area contributed by atoms with E-state index in [1.165, 1.54) is 40.7 Å². The summed E-state index contributed by atoms with van der Waals surface area (Å²) in [6, 6.07) is 16.6. The minimum atomic E-state index is 0.755. The summed E-state index contributed by atoms with van der Waals surface area (Å²) in [7, 11) is 0. The Bertz CT molecular complexity index is 611. The monoisotopic (exact) mass is 279 g/mol. The van der Waals surface area contributed by atoms with E-state index in [1.807, 2.05) is 0 Å². The molecular weight excluding hydrogens is 254 g/mol. The molecule has 1 heteroatoms. The molecule has 21 heavy (non-hydrogen) atoms. The lowest BCUT2D eigenvalue weighted by Gasteiger charge is -2.15. The minimum absolute atomic E-state index is 0.755. The molecule has 1 aliphatic rings. The minimum Gasteiger partial charge on any atom is -0.310 e.